The number of nitrogens with one attached hydrogen (secondary N) is 2. The molecular weight excluding hydrogens is 294 g/mol. The molecule has 1 amide bonds. The van der Waals surface area contributed by atoms with Gasteiger partial charge in [-0.25, -0.2) is 4.98 Å². The fraction of sp³-hybridized carbons (Fsp3) is 0.0714. The number of benzene rings is 1. The van der Waals surface area contributed by atoms with Crippen LogP contribution in [0.1, 0.15) is 5.56 Å². The van der Waals surface area contributed by atoms with E-state index in [1.54, 1.807) is 12.1 Å². The molecule has 0 radical (unpaired) electrons. The molecule has 4 nitrogen and oxygen atoms in total. The molecule has 1 aromatic heterocycles. The predicted octanol–water partition coefficient (Wildman–Crippen LogP) is 2.79. The zero-order valence-electron chi connectivity index (χ0n) is 10.5. The molecule has 0 aliphatic carbocycles. The number of anilines is 1. The van der Waals surface area contributed by atoms with Crippen LogP contribution < -0.4 is 10.6 Å². The van der Waals surface area contributed by atoms with E-state index in [9.17, 15) is 4.79 Å². The average Bonchev–Trinajstić information content (AvgIpc) is 2.42. The molecule has 0 atom stereocenters. The van der Waals surface area contributed by atoms with Crippen molar-refractivity contribution in [2.75, 3.05) is 5.32 Å². The molecule has 0 fully saturated rings. The lowest BCUT2D eigenvalue weighted by Crippen LogP contribution is -2.35. The number of aromatic nitrogens is 1. The van der Waals surface area contributed by atoms with Gasteiger partial charge in [-0.2, -0.15) is 0 Å². The van der Waals surface area contributed by atoms with Gasteiger partial charge >= 0.3 is 0 Å². The van der Waals surface area contributed by atoms with Gasteiger partial charge in [-0.1, -0.05) is 41.9 Å². The highest BCUT2D eigenvalue weighted by molar-refractivity contribution is 7.80. The molecule has 2 N–H and O–H groups in total. The van der Waals surface area contributed by atoms with Crippen LogP contribution in [0.4, 0.5) is 5.82 Å². The molecule has 0 spiro atoms. The van der Waals surface area contributed by atoms with Crippen LogP contribution in [-0.2, 0) is 11.2 Å². The van der Waals surface area contributed by atoms with E-state index in [4.69, 9.17) is 23.8 Å². The Morgan fingerprint density at radius 3 is 2.60 bits per heavy atom. The zero-order valence-corrected chi connectivity index (χ0v) is 12.0. The minimum atomic E-state index is -0.178. The van der Waals surface area contributed by atoms with Crippen molar-refractivity contribution in [3.8, 4) is 0 Å². The van der Waals surface area contributed by atoms with Crippen molar-refractivity contribution in [2.45, 2.75) is 6.42 Å². The first-order valence-corrected chi connectivity index (χ1v) is 6.68. The van der Waals surface area contributed by atoms with E-state index in [2.05, 4.69) is 15.6 Å². The van der Waals surface area contributed by atoms with E-state index >= 15 is 0 Å². The van der Waals surface area contributed by atoms with Crippen LogP contribution in [0.2, 0.25) is 5.02 Å². The third-order valence-electron chi connectivity index (χ3n) is 2.43. The molecular formula is C14H12ClN3OS. The number of nitrogens with zero attached hydrogens (tertiary/aromatic N) is 1. The van der Waals surface area contributed by atoms with Crippen LogP contribution in [0, 0.1) is 0 Å². The molecule has 2 rings (SSSR count). The van der Waals surface area contributed by atoms with Crippen molar-refractivity contribution in [3.63, 3.8) is 0 Å². The van der Waals surface area contributed by atoms with E-state index < -0.39 is 0 Å². The Labute approximate surface area is 127 Å². The number of pyridine rings is 1. The minimum Gasteiger partial charge on any atom is -0.317 e. The molecule has 0 unspecified atom stereocenters. The molecule has 0 aliphatic rings. The maximum atomic E-state index is 11.8. The molecule has 0 saturated carbocycles. The van der Waals surface area contributed by atoms with Crippen molar-refractivity contribution in [1.82, 2.24) is 10.3 Å². The standard InChI is InChI=1S/C14H12ClN3OS/c15-11-6-7-12(16-9-11)17-14(20)18-13(19)8-10-4-2-1-3-5-10/h1-7,9H,8H2,(H2,16,17,18,19,20). The highest BCUT2D eigenvalue weighted by atomic mass is 35.5. The number of amides is 1. The summed E-state index contributed by atoms with van der Waals surface area (Å²) in [6.07, 6.45) is 1.77. The normalized spacial score (nSPS) is 9.85. The number of carbonyl (C=O) groups excluding carboxylic acids is 1. The maximum Gasteiger partial charge on any atom is 0.230 e. The van der Waals surface area contributed by atoms with Gasteiger partial charge in [-0.05, 0) is 29.9 Å². The summed E-state index contributed by atoms with van der Waals surface area (Å²) >= 11 is 10.8. The number of halogens is 1. The van der Waals surface area contributed by atoms with Gasteiger partial charge in [0.15, 0.2) is 5.11 Å². The number of rotatable bonds is 3. The van der Waals surface area contributed by atoms with Crippen molar-refractivity contribution < 1.29 is 4.79 Å². The molecule has 20 heavy (non-hydrogen) atoms. The van der Waals surface area contributed by atoms with E-state index in [0.717, 1.165) is 5.56 Å². The monoisotopic (exact) mass is 305 g/mol. The van der Waals surface area contributed by atoms with Crippen LogP contribution >= 0.6 is 23.8 Å². The van der Waals surface area contributed by atoms with Gasteiger partial charge in [-0.3, -0.25) is 4.79 Å². The lowest BCUT2D eigenvalue weighted by molar-refractivity contribution is -0.119. The quantitative estimate of drug-likeness (QED) is 0.856. The smallest absolute Gasteiger partial charge is 0.230 e. The van der Waals surface area contributed by atoms with Gasteiger partial charge in [-0.15, -0.1) is 0 Å². The van der Waals surface area contributed by atoms with Crippen LogP contribution in [0.3, 0.4) is 0 Å². The molecule has 1 aromatic carbocycles. The Balaban J connectivity index is 1.85. The zero-order chi connectivity index (χ0) is 14.4. The van der Waals surface area contributed by atoms with Crippen molar-refractivity contribution >= 4 is 40.7 Å². The van der Waals surface area contributed by atoms with E-state index in [1.165, 1.54) is 6.20 Å². The Hall–Kier alpha value is -1.98. The Bertz CT molecular complexity index is 602. The first kappa shape index (κ1) is 14.4. The largest absolute Gasteiger partial charge is 0.317 e. The summed E-state index contributed by atoms with van der Waals surface area (Å²) in [5.74, 6) is 0.349. The van der Waals surface area contributed by atoms with Gasteiger partial charge in [0.25, 0.3) is 0 Å². The molecule has 0 bridgehead atoms. The predicted molar refractivity (Wildman–Crippen MR) is 83.8 cm³/mol. The second kappa shape index (κ2) is 6.98. The molecule has 0 saturated heterocycles. The van der Waals surface area contributed by atoms with Crippen LogP contribution in [0.15, 0.2) is 48.7 Å². The summed E-state index contributed by atoms with van der Waals surface area (Å²) in [5.41, 5.74) is 0.928. The topological polar surface area (TPSA) is 54.0 Å². The fourth-order valence-electron chi connectivity index (χ4n) is 1.55. The van der Waals surface area contributed by atoms with Gasteiger partial charge in [0.1, 0.15) is 5.82 Å². The first-order valence-electron chi connectivity index (χ1n) is 5.90. The van der Waals surface area contributed by atoms with Crippen molar-refractivity contribution in [1.29, 1.82) is 0 Å². The third kappa shape index (κ3) is 4.60. The van der Waals surface area contributed by atoms with Gasteiger partial charge < -0.3 is 10.6 Å². The summed E-state index contributed by atoms with van der Waals surface area (Å²) in [5, 5.41) is 6.16. The van der Waals surface area contributed by atoms with Crippen LogP contribution in [-0.4, -0.2) is 16.0 Å². The maximum absolute atomic E-state index is 11.8. The Morgan fingerprint density at radius 2 is 1.95 bits per heavy atom. The summed E-state index contributed by atoms with van der Waals surface area (Å²) in [7, 11) is 0. The van der Waals surface area contributed by atoms with Crippen LogP contribution in [0.25, 0.3) is 0 Å². The first-order chi connectivity index (χ1) is 9.63. The summed E-state index contributed by atoms with van der Waals surface area (Å²) in [6.45, 7) is 0. The summed E-state index contributed by atoms with van der Waals surface area (Å²) < 4.78 is 0. The number of hydrogen-bond acceptors (Lipinski definition) is 3. The lowest BCUT2D eigenvalue weighted by Gasteiger charge is -2.08. The second-order valence-corrected chi connectivity index (χ2v) is 4.87. The molecule has 2 aromatic rings. The summed E-state index contributed by atoms with van der Waals surface area (Å²) in [6, 6.07) is 12.8. The van der Waals surface area contributed by atoms with Crippen molar-refractivity contribution in [3.05, 3.63) is 59.2 Å². The van der Waals surface area contributed by atoms with Gasteiger partial charge in [0.2, 0.25) is 5.91 Å². The number of hydrogen-bond donors (Lipinski definition) is 2. The van der Waals surface area contributed by atoms with Gasteiger partial charge in [0.05, 0.1) is 11.4 Å². The van der Waals surface area contributed by atoms with Gasteiger partial charge in [0, 0.05) is 6.20 Å². The molecule has 102 valence electrons. The molecule has 1 heterocycles. The Morgan fingerprint density at radius 1 is 1.20 bits per heavy atom. The highest BCUT2D eigenvalue weighted by Crippen LogP contribution is 2.09. The molecule has 0 aliphatic heterocycles. The summed E-state index contributed by atoms with van der Waals surface area (Å²) in [4.78, 5) is 15.8. The van der Waals surface area contributed by atoms with E-state index in [0.29, 0.717) is 10.8 Å². The number of carbonyl (C=O) groups is 1. The average molecular weight is 306 g/mol. The SMILES string of the molecule is O=C(Cc1ccccc1)NC(=S)Nc1ccc(Cl)cn1. The second-order valence-electron chi connectivity index (χ2n) is 4.03. The van der Waals surface area contributed by atoms with E-state index in [1.807, 2.05) is 30.3 Å². The third-order valence-corrected chi connectivity index (χ3v) is 2.86. The lowest BCUT2D eigenvalue weighted by atomic mass is 10.1. The molecule has 6 heteroatoms. The fourth-order valence-corrected chi connectivity index (χ4v) is 1.88. The Kier molecular flexibility index (Phi) is 5.03. The minimum absolute atomic E-state index is 0.178. The van der Waals surface area contributed by atoms with Crippen LogP contribution in [0.5, 0.6) is 0 Å². The van der Waals surface area contributed by atoms with E-state index in [-0.39, 0.29) is 17.4 Å². The number of thiocarbonyl (C=S) groups is 1. The highest BCUT2D eigenvalue weighted by Gasteiger charge is 2.06. The van der Waals surface area contributed by atoms with Crippen molar-refractivity contribution in [2.24, 2.45) is 0 Å².